The summed E-state index contributed by atoms with van der Waals surface area (Å²) < 4.78 is 5.15. The van der Waals surface area contributed by atoms with Crippen molar-refractivity contribution < 1.29 is 14.6 Å². The van der Waals surface area contributed by atoms with Crippen molar-refractivity contribution in [2.24, 2.45) is 0 Å². The first-order valence-corrected chi connectivity index (χ1v) is 7.24. The van der Waals surface area contributed by atoms with E-state index in [1.54, 1.807) is 0 Å². The van der Waals surface area contributed by atoms with Gasteiger partial charge in [0.25, 0.3) is 0 Å². The second-order valence-corrected chi connectivity index (χ2v) is 5.84. The van der Waals surface area contributed by atoms with Crippen LogP contribution in [0, 0.1) is 0 Å². The Labute approximate surface area is 126 Å². The number of carbonyl (C=O) groups is 1. The highest BCUT2D eigenvalue weighted by Gasteiger charge is 2.15. The molecule has 1 rings (SSSR count). The third kappa shape index (κ3) is 8.15. The van der Waals surface area contributed by atoms with Gasteiger partial charge in [-0.2, -0.15) is 0 Å². The van der Waals surface area contributed by atoms with Gasteiger partial charge in [0.1, 0.15) is 5.60 Å². The summed E-state index contributed by atoms with van der Waals surface area (Å²) in [4.78, 5) is 11.4. The van der Waals surface area contributed by atoms with Crippen LogP contribution in [0.4, 0.5) is 4.79 Å². The molecule has 0 aliphatic carbocycles. The highest BCUT2D eigenvalue weighted by Crippen LogP contribution is 2.08. The number of nitrogens with one attached hydrogen (secondary N) is 1. The first-order valence-electron chi connectivity index (χ1n) is 7.24. The highest BCUT2D eigenvalue weighted by atomic mass is 16.6. The minimum atomic E-state index is -0.465. The fraction of sp³-hybridized carbons (Fsp3) is 0.471. The zero-order chi connectivity index (χ0) is 15.7. The molecule has 0 aliphatic rings. The van der Waals surface area contributed by atoms with Crippen molar-refractivity contribution in [3.8, 4) is 0 Å². The fourth-order valence-electron chi connectivity index (χ4n) is 1.77. The van der Waals surface area contributed by atoms with E-state index in [1.807, 2.05) is 57.2 Å². The third-order valence-corrected chi connectivity index (χ3v) is 2.64. The van der Waals surface area contributed by atoms with Crippen LogP contribution in [0.3, 0.4) is 0 Å². The Morgan fingerprint density at radius 3 is 2.81 bits per heavy atom. The predicted octanol–water partition coefficient (Wildman–Crippen LogP) is 3.15. The molecule has 0 fully saturated rings. The van der Waals surface area contributed by atoms with Crippen molar-refractivity contribution in [3.63, 3.8) is 0 Å². The number of aliphatic hydroxyl groups is 1. The highest BCUT2D eigenvalue weighted by molar-refractivity contribution is 5.67. The number of hydrogen-bond acceptors (Lipinski definition) is 3. The molecule has 0 unspecified atom stereocenters. The van der Waals surface area contributed by atoms with E-state index in [-0.39, 0.29) is 12.7 Å². The fourth-order valence-corrected chi connectivity index (χ4v) is 1.77. The van der Waals surface area contributed by atoms with E-state index in [2.05, 4.69) is 5.32 Å². The molecular weight excluding hydrogens is 266 g/mol. The van der Waals surface area contributed by atoms with Gasteiger partial charge in [-0.15, -0.1) is 0 Å². The molecule has 0 heterocycles. The molecule has 0 spiro atoms. The molecule has 116 valence electrons. The lowest BCUT2D eigenvalue weighted by atomic mass is 10.1. The molecule has 0 radical (unpaired) electrons. The van der Waals surface area contributed by atoms with E-state index in [4.69, 9.17) is 9.84 Å². The van der Waals surface area contributed by atoms with Crippen molar-refractivity contribution in [2.45, 2.75) is 39.2 Å². The molecule has 1 amide bonds. The largest absolute Gasteiger partial charge is 0.444 e. The zero-order valence-corrected chi connectivity index (χ0v) is 13.1. The number of amides is 1. The van der Waals surface area contributed by atoms with Crippen LogP contribution in [0.15, 0.2) is 30.3 Å². The van der Waals surface area contributed by atoms with Crippen LogP contribution in [-0.2, 0) is 11.2 Å². The van der Waals surface area contributed by atoms with Gasteiger partial charge in [0.15, 0.2) is 0 Å². The summed E-state index contributed by atoms with van der Waals surface area (Å²) in [7, 11) is 0. The van der Waals surface area contributed by atoms with E-state index in [9.17, 15) is 4.79 Å². The number of rotatable bonds is 6. The number of alkyl carbamates (subject to hydrolysis) is 1. The minimum absolute atomic E-state index is 0.160. The van der Waals surface area contributed by atoms with Crippen LogP contribution in [0.2, 0.25) is 0 Å². The van der Waals surface area contributed by atoms with E-state index >= 15 is 0 Å². The molecule has 0 aromatic heterocycles. The smallest absolute Gasteiger partial charge is 0.407 e. The number of benzene rings is 1. The Bertz CT molecular complexity index is 475. The molecule has 2 N–H and O–H groups in total. The molecular formula is C17H25NO3. The summed E-state index contributed by atoms with van der Waals surface area (Å²) in [6.07, 6.45) is 5.04. The molecule has 4 heteroatoms. The topological polar surface area (TPSA) is 58.6 Å². The van der Waals surface area contributed by atoms with Crippen molar-refractivity contribution in [1.29, 1.82) is 0 Å². The SMILES string of the molecule is CC(C)(C)OC(=O)NCCC=Cc1cccc(CCO)c1. The van der Waals surface area contributed by atoms with Crippen molar-refractivity contribution in [3.05, 3.63) is 41.5 Å². The molecule has 0 aliphatic heterocycles. The van der Waals surface area contributed by atoms with Crippen LogP contribution < -0.4 is 5.32 Å². The average Bonchev–Trinajstić information content (AvgIpc) is 2.37. The summed E-state index contributed by atoms with van der Waals surface area (Å²) in [5.41, 5.74) is 1.75. The molecule has 4 nitrogen and oxygen atoms in total. The van der Waals surface area contributed by atoms with Crippen molar-refractivity contribution in [1.82, 2.24) is 5.32 Å². The Morgan fingerprint density at radius 2 is 2.14 bits per heavy atom. The van der Waals surface area contributed by atoms with E-state index in [0.717, 1.165) is 17.5 Å². The number of ether oxygens (including phenoxy) is 1. The quantitative estimate of drug-likeness (QED) is 0.792. The summed E-state index contributed by atoms with van der Waals surface area (Å²) in [5, 5.41) is 11.6. The zero-order valence-electron chi connectivity index (χ0n) is 13.1. The van der Waals surface area contributed by atoms with Crippen LogP contribution >= 0.6 is 0 Å². The van der Waals surface area contributed by atoms with Gasteiger partial charge >= 0.3 is 6.09 Å². The first kappa shape index (κ1) is 17.2. The molecule has 21 heavy (non-hydrogen) atoms. The lowest BCUT2D eigenvalue weighted by molar-refractivity contribution is 0.0529. The third-order valence-electron chi connectivity index (χ3n) is 2.64. The number of aliphatic hydroxyl groups excluding tert-OH is 1. The van der Waals surface area contributed by atoms with Crippen molar-refractivity contribution >= 4 is 12.2 Å². The van der Waals surface area contributed by atoms with E-state index in [1.165, 1.54) is 0 Å². The molecule has 0 saturated heterocycles. The van der Waals surface area contributed by atoms with Gasteiger partial charge in [0.2, 0.25) is 0 Å². The second kappa shape index (κ2) is 8.47. The number of carbonyl (C=O) groups excluding carboxylic acids is 1. The van der Waals surface area contributed by atoms with Crippen LogP contribution in [0.25, 0.3) is 6.08 Å². The monoisotopic (exact) mass is 291 g/mol. The summed E-state index contributed by atoms with van der Waals surface area (Å²) in [5.74, 6) is 0. The Balaban J connectivity index is 2.32. The van der Waals surface area contributed by atoms with E-state index < -0.39 is 5.60 Å². The molecule has 0 atom stereocenters. The number of hydrogen-bond donors (Lipinski definition) is 2. The van der Waals surface area contributed by atoms with Gasteiger partial charge in [-0.1, -0.05) is 36.4 Å². The maximum absolute atomic E-state index is 11.4. The summed E-state index contributed by atoms with van der Waals surface area (Å²) in [6.45, 7) is 6.22. The lowest BCUT2D eigenvalue weighted by Crippen LogP contribution is -2.32. The molecule has 0 saturated carbocycles. The Hall–Kier alpha value is -1.81. The van der Waals surface area contributed by atoms with Crippen LogP contribution in [0.1, 0.15) is 38.3 Å². The predicted molar refractivity (Wildman–Crippen MR) is 85.1 cm³/mol. The van der Waals surface area contributed by atoms with Gasteiger partial charge in [0, 0.05) is 13.2 Å². The summed E-state index contributed by atoms with van der Waals surface area (Å²) >= 11 is 0. The first-order chi connectivity index (χ1) is 9.90. The van der Waals surface area contributed by atoms with Crippen LogP contribution in [-0.4, -0.2) is 30.0 Å². The average molecular weight is 291 g/mol. The van der Waals surface area contributed by atoms with Gasteiger partial charge < -0.3 is 15.2 Å². The molecule has 1 aromatic carbocycles. The Morgan fingerprint density at radius 1 is 1.38 bits per heavy atom. The van der Waals surface area contributed by atoms with Gasteiger partial charge in [0.05, 0.1) is 0 Å². The maximum atomic E-state index is 11.4. The van der Waals surface area contributed by atoms with Gasteiger partial charge in [-0.05, 0) is 44.7 Å². The van der Waals surface area contributed by atoms with Crippen molar-refractivity contribution in [2.75, 3.05) is 13.2 Å². The second-order valence-electron chi connectivity index (χ2n) is 5.84. The maximum Gasteiger partial charge on any atom is 0.407 e. The lowest BCUT2D eigenvalue weighted by Gasteiger charge is -2.19. The normalized spacial score (nSPS) is 11.6. The minimum Gasteiger partial charge on any atom is -0.444 e. The van der Waals surface area contributed by atoms with Crippen LogP contribution in [0.5, 0.6) is 0 Å². The Kier molecular flexibility index (Phi) is 6.96. The van der Waals surface area contributed by atoms with E-state index in [0.29, 0.717) is 13.0 Å². The molecule has 0 bridgehead atoms. The van der Waals surface area contributed by atoms with Gasteiger partial charge in [-0.25, -0.2) is 4.79 Å². The molecule has 1 aromatic rings. The van der Waals surface area contributed by atoms with Gasteiger partial charge in [-0.3, -0.25) is 0 Å². The standard InChI is InChI=1S/C17H25NO3/c1-17(2,3)21-16(20)18-11-5-4-7-14-8-6-9-15(13-14)10-12-19/h4,6-9,13,19H,5,10-12H2,1-3H3,(H,18,20). The summed E-state index contributed by atoms with van der Waals surface area (Å²) in [6, 6.07) is 8.04.